The monoisotopic (exact) mass is 354 g/mol. The number of rotatable bonds is 3. The van der Waals surface area contributed by atoms with Gasteiger partial charge in [0.05, 0.1) is 14.2 Å². The summed E-state index contributed by atoms with van der Waals surface area (Å²) in [5.74, 6) is 1.67. The maximum absolute atomic E-state index is 13.0. The van der Waals surface area contributed by atoms with Crippen LogP contribution in [0.2, 0.25) is 0 Å². The summed E-state index contributed by atoms with van der Waals surface area (Å²) in [4.78, 5) is 27.1. The average molecular weight is 354 g/mol. The van der Waals surface area contributed by atoms with E-state index >= 15 is 0 Å². The van der Waals surface area contributed by atoms with Gasteiger partial charge in [-0.25, -0.2) is 0 Å². The fraction of sp³-hybridized carbons (Fsp3) is 0.400. The van der Waals surface area contributed by atoms with Gasteiger partial charge in [-0.3, -0.25) is 9.59 Å². The average Bonchev–Trinajstić information content (AvgIpc) is 2.67. The molecule has 2 aliphatic heterocycles. The molecule has 0 aliphatic carbocycles. The van der Waals surface area contributed by atoms with Crippen LogP contribution in [0.1, 0.15) is 28.4 Å². The van der Waals surface area contributed by atoms with Crippen molar-refractivity contribution in [1.29, 1.82) is 0 Å². The van der Waals surface area contributed by atoms with E-state index in [1.54, 1.807) is 38.5 Å². The molecule has 2 aliphatic rings. The molecule has 1 amide bonds. The van der Waals surface area contributed by atoms with Crippen LogP contribution in [0.3, 0.4) is 0 Å². The summed E-state index contributed by atoms with van der Waals surface area (Å²) in [6.07, 6.45) is 1.03. The molecule has 1 fully saturated rings. The van der Waals surface area contributed by atoms with Crippen molar-refractivity contribution in [1.82, 2.24) is 9.47 Å². The van der Waals surface area contributed by atoms with Crippen molar-refractivity contribution >= 4 is 5.91 Å². The van der Waals surface area contributed by atoms with E-state index in [9.17, 15) is 9.59 Å². The standard InChI is InChI=1S/C20H22N2O4/c1-25-17-7-6-14(9-18(17)26-2)20(24)21-10-13-8-15(12-21)16-4-3-5-19(23)22(16)11-13/h3-7,9,13,15H,8,10-12H2,1-2H3/t13-,15-/m0/s1. The van der Waals surface area contributed by atoms with Gasteiger partial charge in [0.2, 0.25) is 0 Å². The van der Waals surface area contributed by atoms with Gasteiger partial charge in [-0.2, -0.15) is 0 Å². The lowest BCUT2D eigenvalue weighted by Crippen LogP contribution is -2.49. The number of amides is 1. The Morgan fingerprint density at radius 2 is 1.85 bits per heavy atom. The molecule has 2 bridgehead atoms. The number of hydrogen-bond donors (Lipinski definition) is 0. The van der Waals surface area contributed by atoms with Gasteiger partial charge in [0, 0.05) is 42.9 Å². The number of fused-ring (bicyclic) bond motifs is 4. The number of carbonyl (C=O) groups is 1. The molecule has 2 atom stereocenters. The van der Waals surface area contributed by atoms with Gasteiger partial charge in [-0.15, -0.1) is 0 Å². The Kier molecular flexibility index (Phi) is 4.18. The molecule has 1 aromatic heterocycles. The van der Waals surface area contributed by atoms with Gasteiger partial charge >= 0.3 is 0 Å². The molecule has 0 unspecified atom stereocenters. The first-order valence-corrected chi connectivity index (χ1v) is 8.81. The second kappa shape index (κ2) is 6.52. The van der Waals surface area contributed by atoms with Crippen molar-refractivity contribution in [3.05, 3.63) is 58.0 Å². The topological polar surface area (TPSA) is 60.8 Å². The van der Waals surface area contributed by atoms with Crippen LogP contribution in [0.4, 0.5) is 0 Å². The summed E-state index contributed by atoms with van der Waals surface area (Å²) < 4.78 is 12.4. The molecule has 0 saturated carbocycles. The van der Waals surface area contributed by atoms with E-state index in [2.05, 4.69) is 0 Å². The quantitative estimate of drug-likeness (QED) is 0.847. The van der Waals surface area contributed by atoms with Crippen LogP contribution in [-0.4, -0.2) is 42.7 Å². The fourth-order valence-electron chi connectivity index (χ4n) is 4.21. The third-order valence-electron chi connectivity index (χ3n) is 5.40. The lowest BCUT2D eigenvalue weighted by molar-refractivity contribution is 0.0594. The van der Waals surface area contributed by atoms with Crippen molar-refractivity contribution < 1.29 is 14.3 Å². The number of hydrogen-bond acceptors (Lipinski definition) is 4. The van der Waals surface area contributed by atoms with Gasteiger partial charge in [0.15, 0.2) is 11.5 Å². The van der Waals surface area contributed by atoms with Gasteiger partial charge in [-0.1, -0.05) is 6.07 Å². The third kappa shape index (κ3) is 2.75. The first kappa shape index (κ1) is 16.7. The predicted octanol–water partition coefficient (Wildman–Crippen LogP) is 2.12. The minimum atomic E-state index is -0.00705. The van der Waals surface area contributed by atoms with Gasteiger partial charge in [0.1, 0.15) is 0 Å². The van der Waals surface area contributed by atoms with E-state index in [-0.39, 0.29) is 17.4 Å². The second-order valence-corrected chi connectivity index (χ2v) is 6.98. The zero-order valence-electron chi connectivity index (χ0n) is 15.0. The SMILES string of the molecule is COc1ccc(C(=O)N2C[C@@H]3C[C@@H](C2)c2cccc(=O)n2C3)cc1OC. The van der Waals surface area contributed by atoms with Gasteiger partial charge < -0.3 is 18.9 Å². The fourth-order valence-corrected chi connectivity index (χ4v) is 4.21. The first-order chi connectivity index (χ1) is 12.6. The van der Waals surface area contributed by atoms with E-state index < -0.39 is 0 Å². The summed E-state index contributed by atoms with van der Waals surface area (Å²) in [7, 11) is 3.14. The highest BCUT2D eigenvalue weighted by atomic mass is 16.5. The lowest BCUT2D eigenvalue weighted by Gasteiger charge is -2.42. The Morgan fingerprint density at radius 3 is 2.62 bits per heavy atom. The summed E-state index contributed by atoms with van der Waals surface area (Å²) in [5, 5.41) is 0. The number of aromatic nitrogens is 1. The largest absolute Gasteiger partial charge is 0.493 e. The Morgan fingerprint density at radius 1 is 1.04 bits per heavy atom. The van der Waals surface area contributed by atoms with Crippen LogP contribution >= 0.6 is 0 Å². The van der Waals surface area contributed by atoms with Crippen LogP contribution in [0.25, 0.3) is 0 Å². The molecule has 1 aromatic carbocycles. The predicted molar refractivity (Wildman–Crippen MR) is 97.0 cm³/mol. The summed E-state index contributed by atoms with van der Waals surface area (Å²) in [5.41, 5.74) is 1.68. The number of carbonyl (C=O) groups excluding carboxylic acids is 1. The molecule has 0 radical (unpaired) electrons. The Labute approximate surface area is 152 Å². The number of benzene rings is 1. The molecule has 1 saturated heterocycles. The molecule has 136 valence electrons. The summed E-state index contributed by atoms with van der Waals surface area (Å²) in [6.45, 7) is 1.98. The van der Waals surface area contributed by atoms with E-state index in [1.807, 2.05) is 21.6 Å². The normalized spacial score (nSPS) is 21.1. The first-order valence-electron chi connectivity index (χ1n) is 8.81. The van der Waals surface area contributed by atoms with Crippen LogP contribution in [-0.2, 0) is 6.54 Å². The van der Waals surface area contributed by atoms with Gasteiger partial charge in [-0.05, 0) is 36.6 Å². The maximum Gasteiger partial charge on any atom is 0.254 e. The lowest BCUT2D eigenvalue weighted by atomic mass is 9.83. The van der Waals surface area contributed by atoms with E-state index in [4.69, 9.17) is 9.47 Å². The zero-order valence-corrected chi connectivity index (χ0v) is 15.0. The number of pyridine rings is 1. The van der Waals surface area contributed by atoms with Crippen LogP contribution in [0, 0.1) is 5.92 Å². The van der Waals surface area contributed by atoms with Crippen LogP contribution in [0.5, 0.6) is 11.5 Å². The third-order valence-corrected chi connectivity index (χ3v) is 5.40. The number of ether oxygens (including phenoxy) is 2. The van der Waals surface area contributed by atoms with Crippen LogP contribution < -0.4 is 15.0 Å². The molecule has 26 heavy (non-hydrogen) atoms. The van der Waals surface area contributed by atoms with Crippen molar-refractivity contribution in [3.8, 4) is 11.5 Å². The Hall–Kier alpha value is -2.76. The van der Waals surface area contributed by atoms with E-state index in [0.29, 0.717) is 42.6 Å². The number of piperidine rings is 1. The number of likely N-dealkylation sites (tertiary alicyclic amines) is 1. The van der Waals surface area contributed by atoms with E-state index in [1.165, 1.54) is 0 Å². The maximum atomic E-state index is 13.0. The highest BCUT2D eigenvalue weighted by Gasteiger charge is 2.36. The minimum Gasteiger partial charge on any atom is -0.493 e. The Bertz CT molecular complexity index is 905. The van der Waals surface area contributed by atoms with Crippen molar-refractivity contribution in [3.63, 3.8) is 0 Å². The summed E-state index contributed by atoms with van der Waals surface area (Å²) >= 11 is 0. The van der Waals surface area contributed by atoms with Crippen molar-refractivity contribution in [2.75, 3.05) is 27.3 Å². The number of nitrogens with zero attached hydrogens (tertiary/aromatic N) is 2. The molecule has 6 heteroatoms. The van der Waals surface area contributed by atoms with Crippen molar-refractivity contribution in [2.24, 2.45) is 5.92 Å². The molecule has 2 aromatic rings. The molecule has 3 heterocycles. The number of methoxy groups -OCH3 is 2. The molecular formula is C20H22N2O4. The van der Waals surface area contributed by atoms with E-state index in [0.717, 1.165) is 12.1 Å². The highest BCUT2D eigenvalue weighted by molar-refractivity contribution is 5.95. The molecule has 4 rings (SSSR count). The van der Waals surface area contributed by atoms with Crippen molar-refractivity contribution in [2.45, 2.75) is 18.9 Å². The molecular weight excluding hydrogens is 332 g/mol. The Balaban J connectivity index is 1.61. The smallest absolute Gasteiger partial charge is 0.254 e. The highest BCUT2D eigenvalue weighted by Crippen LogP contribution is 2.36. The summed E-state index contributed by atoms with van der Waals surface area (Å²) in [6, 6.07) is 10.7. The second-order valence-electron chi connectivity index (χ2n) is 6.98. The van der Waals surface area contributed by atoms with Crippen LogP contribution in [0.15, 0.2) is 41.2 Å². The molecule has 0 N–H and O–H groups in total. The minimum absolute atomic E-state index is 0.00705. The molecule has 0 spiro atoms. The zero-order chi connectivity index (χ0) is 18.3. The van der Waals surface area contributed by atoms with Gasteiger partial charge in [0.25, 0.3) is 11.5 Å². The molecule has 6 nitrogen and oxygen atoms in total.